The highest BCUT2D eigenvalue weighted by atomic mass is 16.5. The van der Waals surface area contributed by atoms with Crippen LogP contribution in [0.1, 0.15) is 11.1 Å². The fourth-order valence-corrected chi connectivity index (χ4v) is 2.98. The molecule has 1 aliphatic rings. The van der Waals surface area contributed by atoms with Crippen molar-refractivity contribution in [3.8, 4) is 0 Å². The highest BCUT2D eigenvalue weighted by Crippen LogP contribution is 2.18. The number of ether oxygens (including phenoxy) is 1. The molecule has 30 heavy (non-hydrogen) atoms. The van der Waals surface area contributed by atoms with Gasteiger partial charge in [0.1, 0.15) is 0 Å². The number of carbonyl (C=O) groups is 1. The summed E-state index contributed by atoms with van der Waals surface area (Å²) in [6.45, 7) is 9.75. The Balaban J connectivity index is 2.00. The van der Waals surface area contributed by atoms with E-state index in [1.165, 1.54) is 24.0 Å². The molecule has 1 amide bonds. The third-order valence-corrected chi connectivity index (χ3v) is 4.66. The molecular weight excluding hydrogens is 378 g/mol. The number of nitrogens with one attached hydrogen (secondary N) is 2. The van der Waals surface area contributed by atoms with E-state index in [9.17, 15) is 4.79 Å². The Kier molecular flexibility index (Phi) is 9.44. The van der Waals surface area contributed by atoms with E-state index in [2.05, 4.69) is 28.0 Å². The minimum absolute atomic E-state index is 0.245. The van der Waals surface area contributed by atoms with E-state index in [-0.39, 0.29) is 5.91 Å². The lowest BCUT2D eigenvalue weighted by atomic mass is 10.1. The molecular formula is C23H29N5O2. The van der Waals surface area contributed by atoms with Crippen LogP contribution in [0.4, 0.5) is 5.69 Å². The minimum Gasteiger partial charge on any atom is -0.404 e. The molecule has 1 aromatic rings. The van der Waals surface area contributed by atoms with Crippen LogP contribution in [0.3, 0.4) is 0 Å². The molecule has 158 valence electrons. The van der Waals surface area contributed by atoms with E-state index in [4.69, 9.17) is 15.9 Å². The molecule has 2 rings (SSSR count). The standard InChI is InChI=1S/C23H29N5O2/c1-18-14-22(7-6-20(18)17-28-10-12-30-13-11-28)27-23(29)5-3-4-19(8-9-26-2)21(15-24)16-25/h3-9,14-16,24H,2,10-13,17,25H2,1H3,(H,27,29)/b5-3+,9-8-,19-4-,21-16+,24-15?. The summed E-state index contributed by atoms with van der Waals surface area (Å²) in [4.78, 5) is 18.3. The number of anilines is 1. The first kappa shape index (κ1) is 23.0. The van der Waals surface area contributed by atoms with Gasteiger partial charge in [0.15, 0.2) is 0 Å². The number of hydrogen-bond donors (Lipinski definition) is 3. The molecule has 0 radical (unpaired) electrons. The Hall–Kier alpha value is -3.29. The third-order valence-electron chi connectivity index (χ3n) is 4.66. The third kappa shape index (κ3) is 7.27. The first-order valence-electron chi connectivity index (χ1n) is 9.71. The number of morpholine rings is 1. The van der Waals surface area contributed by atoms with Crippen molar-refractivity contribution in [1.82, 2.24) is 4.90 Å². The highest BCUT2D eigenvalue weighted by Gasteiger charge is 2.12. The molecule has 1 saturated heterocycles. The second-order valence-corrected chi connectivity index (χ2v) is 6.76. The molecule has 0 bridgehead atoms. The van der Waals surface area contributed by atoms with Gasteiger partial charge in [0.2, 0.25) is 5.91 Å². The number of aryl methyl sites for hydroxylation is 1. The van der Waals surface area contributed by atoms with E-state index >= 15 is 0 Å². The fraction of sp³-hybridized carbons (Fsp3) is 0.261. The van der Waals surface area contributed by atoms with Gasteiger partial charge in [0, 0.05) is 55.6 Å². The minimum atomic E-state index is -0.245. The Morgan fingerprint density at radius 2 is 2.10 bits per heavy atom. The van der Waals surface area contributed by atoms with Gasteiger partial charge in [0.05, 0.1) is 13.2 Å². The normalized spacial score (nSPS) is 16.2. The highest BCUT2D eigenvalue weighted by molar-refractivity contribution is 5.99. The molecule has 0 spiro atoms. The summed E-state index contributed by atoms with van der Waals surface area (Å²) >= 11 is 0. The number of benzene rings is 1. The van der Waals surface area contributed by atoms with Crippen molar-refractivity contribution in [3.05, 3.63) is 77.2 Å². The SMILES string of the molecule is C=N\C=C/C(=C/C=C/C(=O)Nc1ccc(CN2CCOCC2)c(C)c1)C(/C=N)=C/N. The van der Waals surface area contributed by atoms with Gasteiger partial charge in [-0.1, -0.05) is 18.2 Å². The topological polar surface area (TPSA) is 104 Å². The van der Waals surface area contributed by atoms with Crippen molar-refractivity contribution in [2.75, 3.05) is 31.6 Å². The molecule has 1 heterocycles. The maximum Gasteiger partial charge on any atom is 0.248 e. The zero-order chi connectivity index (χ0) is 21.8. The van der Waals surface area contributed by atoms with Crippen LogP contribution in [0.2, 0.25) is 0 Å². The smallest absolute Gasteiger partial charge is 0.248 e. The number of carbonyl (C=O) groups excluding carboxylic acids is 1. The number of nitrogens with two attached hydrogens (primary N) is 1. The van der Waals surface area contributed by atoms with Crippen LogP contribution < -0.4 is 11.1 Å². The molecule has 0 aliphatic carbocycles. The summed E-state index contributed by atoms with van der Waals surface area (Å²) in [6, 6.07) is 5.95. The first-order valence-corrected chi connectivity index (χ1v) is 9.71. The summed E-state index contributed by atoms with van der Waals surface area (Å²) in [7, 11) is 0. The van der Waals surface area contributed by atoms with Gasteiger partial charge < -0.3 is 21.2 Å². The number of amides is 1. The average Bonchev–Trinajstić information content (AvgIpc) is 2.75. The van der Waals surface area contributed by atoms with Gasteiger partial charge in [-0.05, 0) is 48.6 Å². The zero-order valence-corrected chi connectivity index (χ0v) is 17.3. The van der Waals surface area contributed by atoms with Crippen molar-refractivity contribution < 1.29 is 9.53 Å². The molecule has 0 atom stereocenters. The van der Waals surface area contributed by atoms with Crippen LogP contribution in [0.25, 0.3) is 0 Å². The summed E-state index contributed by atoms with van der Waals surface area (Å²) in [6.07, 6.45) is 10.3. The van der Waals surface area contributed by atoms with Gasteiger partial charge >= 0.3 is 0 Å². The van der Waals surface area contributed by atoms with E-state index in [0.29, 0.717) is 11.1 Å². The van der Waals surface area contributed by atoms with Crippen molar-refractivity contribution in [1.29, 1.82) is 5.41 Å². The van der Waals surface area contributed by atoms with Crippen LogP contribution in [-0.4, -0.2) is 50.0 Å². The second-order valence-electron chi connectivity index (χ2n) is 6.76. The van der Waals surface area contributed by atoms with Crippen LogP contribution in [0.5, 0.6) is 0 Å². The molecule has 1 aliphatic heterocycles. The Morgan fingerprint density at radius 3 is 2.73 bits per heavy atom. The number of nitrogens with zero attached hydrogens (tertiary/aromatic N) is 2. The van der Waals surface area contributed by atoms with Crippen molar-refractivity contribution >= 4 is 24.5 Å². The van der Waals surface area contributed by atoms with Gasteiger partial charge in [-0.25, -0.2) is 0 Å². The number of rotatable bonds is 9. The molecule has 0 saturated carbocycles. The lowest BCUT2D eigenvalue weighted by Crippen LogP contribution is -2.35. The molecule has 0 aromatic heterocycles. The van der Waals surface area contributed by atoms with Crippen molar-refractivity contribution in [2.24, 2.45) is 10.7 Å². The molecule has 7 heteroatoms. The van der Waals surface area contributed by atoms with Crippen LogP contribution in [0, 0.1) is 12.3 Å². The van der Waals surface area contributed by atoms with Gasteiger partial charge in [0.25, 0.3) is 0 Å². The van der Waals surface area contributed by atoms with Gasteiger partial charge in [-0.3, -0.25) is 14.7 Å². The van der Waals surface area contributed by atoms with Crippen LogP contribution >= 0.6 is 0 Å². The lowest BCUT2D eigenvalue weighted by molar-refractivity contribution is -0.111. The monoisotopic (exact) mass is 407 g/mol. The summed E-state index contributed by atoms with van der Waals surface area (Å²) in [5.41, 5.74) is 9.80. The molecule has 1 fully saturated rings. The first-order chi connectivity index (χ1) is 14.6. The summed E-state index contributed by atoms with van der Waals surface area (Å²) in [5, 5.41) is 10.3. The Bertz CT molecular complexity index is 878. The molecule has 4 N–H and O–H groups in total. The van der Waals surface area contributed by atoms with E-state index in [1.807, 2.05) is 19.1 Å². The summed E-state index contributed by atoms with van der Waals surface area (Å²) in [5.74, 6) is -0.245. The van der Waals surface area contributed by atoms with E-state index in [0.717, 1.165) is 50.3 Å². The zero-order valence-electron chi connectivity index (χ0n) is 17.3. The van der Waals surface area contributed by atoms with Crippen molar-refractivity contribution in [3.63, 3.8) is 0 Å². The number of hydrogen-bond acceptors (Lipinski definition) is 6. The Morgan fingerprint density at radius 1 is 1.33 bits per heavy atom. The lowest BCUT2D eigenvalue weighted by Gasteiger charge is -2.27. The maximum absolute atomic E-state index is 12.3. The molecule has 1 aromatic carbocycles. The van der Waals surface area contributed by atoms with Crippen LogP contribution in [0.15, 0.2) is 71.0 Å². The van der Waals surface area contributed by atoms with Gasteiger partial charge in [-0.15, -0.1) is 0 Å². The summed E-state index contributed by atoms with van der Waals surface area (Å²) < 4.78 is 5.39. The van der Waals surface area contributed by atoms with E-state index < -0.39 is 0 Å². The van der Waals surface area contributed by atoms with Crippen molar-refractivity contribution in [2.45, 2.75) is 13.5 Å². The quantitative estimate of drug-likeness (QED) is 0.333. The largest absolute Gasteiger partial charge is 0.404 e. The molecule has 0 unspecified atom stereocenters. The Labute approximate surface area is 177 Å². The number of aliphatic imine (C=N–C) groups is 1. The average molecular weight is 408 g/mol. The predicted octanol–water partition coefficient (Wildman–Crippen LogP) is 2.95. The number of allylic oxidation sites excluding steroid dienone is 5. The maximum atomic E-state index is 12.3. The predicted molar refractivity (Wildman–Crippen MR) is 123 cm³/mol. The van der Waals surface area contributed by atoms with Gasteiger partial charge in [-0.2, -0.15) is 0 Å². The van der Waals surface area contributed by atoms with Crippen LogP contribution in [-0.2, 0) is 16.1 Å². The fourth-order valence-electron chi connectivity index (χ4n) is 2.98. The second kappa shape index (κ2) is 12.3. The van der Waals surface area contributed by atoms with E-state index in [1.54, 1.807) is 18.2 Å². The molecule has 7 nitrogen and oxygen atoms in total.